The van der Waals surface area contributed by atoms with Crippen molar-refractivity contribution >= 4 is 17.9 Å². The number of allylic oxidation sites excluding steroid dienone is 2. The lowest BCUT2D eigenvalue weighted by molar-refractivity contribution is -0.167. The van der Waals surface area contributed by atoms with Gasteiger partial charge in [0.25, 0.3) is 0 Å². The fraction of sp³-hybridized carbons (Fsp3) is 0.912. The van der Waals surface area contributed by atoms with E-state index < -0.39 is 6.10 Å². The smallest absolute Gasteiger partial charge is 0.306 e. The van der Waals surface area contributed by atoms with E-state index in [4.69, 9.17) is 14.2 Å². The summed E-state index contributed by atoms with van der Waals surface area (Å²) in [4.78, 5) is 38.0. The van der Waals surface area contributed by atoms with Gasteiger partial charge in [0.1, 0.15) is 13.2 Å². The summed E-state index contributed by atoms with van der Waals surface area (Å²) in [6.07, 6.45) is 59.2. The second-order valence-electron chi connectivity index (χ2n) is 19.2. The number of hydrogen-bond acceptors (Lipinski definition) is 6. The molecule has 0 radical (unpaired) electrons. The van der Waals surface area contributed by atoms with Crippen molar-refractivity contribution in [2.24, 2.45) is 0 Å². The normalized spacial score (nSPS) is 12.0. The Balaban J connectivity index is 4.23. The van der Waals surface area contributed by atoms with Gasteiger partial charge in [-0.15, -0.1) is 0 Å². The fourth-order valence-corrected chi connectivity index (χ4v) is 8.50. The topological polar surface area (TPSA) is 78.9 Å². The molecular weight excluding hydrogens is 781 g/mol. The van der Waals surface area contributed by atoms with Gasteiger partial charge in [0, 0.05) is 19.3 Å². The van der Waals surface area contributed by atoms with Gasteiger partial charge in [-0.25, -0.2) is 0 Å². The van der Waals surface area contributed by atoms with Gasteiger partial charge in [0.2, 0.25) is 0 Å². The molecule has 0 aromatic carbocycles. The van der Waals surface area contributed by atoms with Gasteiger partial charge in [-0.05, 0) is 44.9 Å². The molecule has 0 saturated carbocycles. The summed E-state index contributed by atoms with van der Waals surface area (Å²) in [5.74, 6) is -0.852. The number of carbonyl (C=O) groups is 3. The molecule has 0 rings (SSSR count). The minimum Gasteiger partial charge on any atom is -0.462 e. The van der Waals surface area contributed by atoms with E-state index in [2.05, 4.69) is 32.9 Å². The molecule has 0 aliphatic rings. The van der Waals surface area contributed by atoms with Crippen LogP contribution < -0.4 is 0 Å². The molecule has 0 aliphatic carbocycles. The summed E-state index contributed by atoms with van der Waals surface area (Å²) in [5, 5.41) is 0. The van der Waals surface area contributed by atoms with Crippen LogP contribution in [0, 0.1) is 0 Å². The summed E-state index contributed by atoms with van der Waals surface area (Å²) in [7, 11) is 0. The average molecular weight is 889 g/mol. The lowest BCUT2D eigenvalue weighted by Gasteiger charge is -2.18. The number of unbranched alkanes of at least 4 members (excludes halogenated alkanes) is 39. The minimum absolute atomic E-state index is 0.0662. The molecular formula is C57H108O6. The first-order chi connectivity index (χ1) is 31.0. The zero-order valence-corrected chi connectivity index (χ0v) is 42.6. The Morgan fingerprint density at radius 2 is 0.524 bits per heavy atom. The zero-order chi connectivity index (χ0) is 45.8. The average Bonchev–Trinajstić information content (AvgIpc) is 3.28. The van der Waals surface area contributed by atoms with E-state index >= 15 is 0 Å². The van der Waals surface area contributed by atoms with Gasteiger partial charge in [-0.3, -0.25) is 14.4 Å². The number of carbonyl (C=O) groups excluding carboxylic acids is 3. The Hall–Kier alpha value is -1.85. The van der Waals surface area contributed by atoms with Crippen LogP contribution in [0.5, 0.6) is 0 Å². The van der Waals surface area contributed by atoms with E-state index in [9.17, 15) is 14.4 Å². The third kappa shape index (κ3) is 51.0. The van der Waals surface area contributed by atoms with Crippen molar-refractivity contribution in [3.63, 3.8) is 0 Å². The lowest BCUT2D eigenvalue weighted by Crippen LogP contribution is -2.30. The molecule has 0 aliphatic heterocycles. The third-order valence-corrected chi connectivity index (χ3v) is 12.8. The molecule has 0 heterocycles. The molecule has 372 valence electrons. The molecule has 6 nitrogen and oxygen atoms in total. The second kappa shape index (κ2) is 52.8. The maximum absolute atomic E-state index is 12.8. The van der Waals surface area contributed by atoms with Crippen LogP contribution in [-0.4, -0.2) is 37.2 Å². The largest absolute Gasteiger partial charge is 0.462 e. The van der Waals surface area contributed by atoms with Crippen molar-refractivity contribution < 1.29 is 28.6 Å². The Bertz CT molecular complexity index is 978. The highest BCUT2D eigenvalue weighted by Gasteiger charge is 2.19. The van der Waals surface area contributed by atoms with Crippen molar-refractivity contribution in [2.75, 3.05) is 13.2 Å². The Morgan fingerprint density at radius 1 is 0.302 bits per heavy atom. The number of hydrogen-bond donors (Lipinski definition) is 0. The molecule has 0 fully saturated rings. The zero-order valence-electron chi connectivity index (χ0n) is 42.6. The minimum atomic E-state index is -0.765. The maximum atomic E-state index is 12.8. The first-order valence-electron chi connectivity index (χ1n) is 28.2. The van der Waals surface area contributed by atoms with Crippen molar-refractivity contribution in [3.8, 4) is 0 Å². The van der Waals surface area contributed by atoms with Crippen LogP contribution in [0.2, 0.25) is 0 Å². The summed E-state index contributed by atoms with van der Waals surface area (Å²) >= 11 is 0. The Kier molecular flexibility index (Phi) is 51.2. The highest BCUT2D eigenvalue weighted by atomic mass is 16.6. The number of ether oxygens (including phenoxy) is 3. The van der Waals surface area contributed by atoms with Gasteiger partial charge >= 0.3 is 17.9 Å². The number of esters is 3. The summed E-state index contributed by atoms with van der Waals surface area (Å²) < 4.78 is 16.8. The standard InChI is InChI=1S/C57H108O6/c1-4-7-10-13-16-19-21-23-25-27-28-30-31-33-35-38-41-44-47-50-56(59)62-53-54(52-61-55(58)49-46-43-40-37-18-15-12-9-6-3)63-57(60)51-48-45-42-39-36-34-32-29-26-24-22-20-17-14-11-8-5-2/h24,26,54H,4-23,25,27-53H2,1-3H3/b26-24-. The molecule has 1 unspecified atom stereocenters. The summed E-state index contributed by atoms with van der Waals surface area (Å²) in [6, 6.07) is 0. The molecule has 6 heteroatoms. The van der Waals surface area contributed by atoms with Gasteiger partial charge in [-0.2, -0.15) is 0 Å². The van der Waals surface area contributed by atoms with Crippen molar-refractivity contribution in [1.82, 2.24) is 0 Å². The predicted molar refractivity (Wildman–Crippen MR) is 270 cm³/mol. The maximum Gasteiger partial charge on any atom is 0.306 e. The van der Waals surface area contributed by atoms with Crippen molar-refractivity contribution in [1.29, 1.82) is 0 Å². The van der Waals surface area contributed by atoms with E-state index in [-0.39, 0.29) is 31.1 Å². The molecule has 0 N–H and O–H groups in total. The monoisotopic (exact) mass is 889 g/mol. The molecule has 0 spiro atoms. The molecule has 0 saturated heterocycles. The molecule has 0 aromatic heterocycles. The highest BCUT2D eigenvalue weighted by Crippen LogP contribution is 2.17. The van der Waals surface area contributed by atoms with Crippen LogP contribution in [0.1, 0.15) is 316 Å². The molecule has 0 amide bonds. The summed E-state index contributed by atoms with van der Waals surface area (Å²) in [5.41, 5.74) is 0. The van der Waals surface area contributed by atoms with E-state index in [1.165, 1.54) is 218 Å². The molecule has 0 aromatic rings. The third-order valence-electron chi connectivity index (χ3n) is 12.8. The highest BCUT2D eigenvalue weighted by molar-refractivity contribution is 5.71. The predicted octanol–water partition coefficient (Wildman–Crippen LogP) is 18.5. The quantitative estimate of drug-likeness (QED) is 0.0262. The van der Waals surface area contributed by atoms with Crippen LogP contribution in [0.3, 0.4) is 0 Å². The molecule has 63 heavy (non-hydrogen) atoms. The van der Waals surface area contributed by atoms with Crippen LogP contribution in [0.4, 0.5) is 0 Å². The van der Waals surface area contributed by atoms with Crippen LogP contribution in [0.25, 0.3) is 0 Å². The van der Waals surface area contributed by atoms with Crippen LogP contribution in [0.15, 0.2) is 12.2 Å². The van der Waals surface area contributed by atoms with E-state index in [0.717, 1.165) is 57.8 Å². The van der Waals surface area contributed by atoms with Crippen molar-refractivity contribution in [3.05, 3.63) is 12.2 Å². The first-order valence-corrected chi connectivity index (χ1v) is 28.2. The van der Waals surface area contributed by atoms with Crippen LogP contribution >= 0.6 is 0 Å². The van der Waals surface area contributed by atoms with Gasteiger partial charge < -0.3 is 14.2 Å². The second-order valence-corrected chi connectivity index (χ2v) is 19.2. The number of rotatable bonds is 52. The summed E-state index contributed by atoms with van der Waals surface area (Å²) in [6.45, 7) is 6.66. The first kappa shape index (κ1) is 61.1. The van der Waals surface area contributed by atoms with Crippen LogP contribution in [-0.2, 0) is 28.6 Å². The van der Waals surface area contributed by atoms with E-state index in [1.54, 1.807) is 0 Å². The van der Waals surface area contributed by atoms with Crippen molar-refractivity contribution in [2.45, 2.75) is 322 Å². The molecule has 1 atom stereocenters. The Labute approximate surface area is 392 Å². The Morgan fingerprint density at radius 3 is 0.794 bits per heavy atom. The SMILES string of the molecule is CCCCCCCC/C=C\CCCCCCCCCC(=O)OC(COC(=O)CCCCCCCCCCC)COC(=O)CCCCCCCCCCCCCCCCCCCCC. The van der Waals surface area contributed by atoms with Gasteiger partial charge in [-0.1, -0.05) is 264 Å². The van der Waals surface area contributed by atoms with E-state index in [1.807, 2.05) is 0 Å². The molecule has 0 bridgehead atoms. The lowest BCUT2D eigenvalue weighted by atomic mass is 10.0. The fourth-order valence-electron chi connectivity index (χ4n) is 8.50. The van der Waals surface area contributed by atoms with Gasteiger partial charge in [0.05, 0.1) is 0 Å². The van der Waals surface area contributed by atoms with Gasteiger partial charge in [0.15, 0.2) is 6.10 Å². The van der Waals surface area contributed by atoms with E-state index in [0.29, 0.717) is 19.3 Å².